The highest BCUT2D eigenvalue weighted by Gasteiger charge is 2.18. The Labute approximate surface area is 137 Å². The summed E-state index contributed by atoms with van der Waals surface area (Å²) in [6.45, 7) is 3.65. The first-order chi connectivity index (χ1) is 10.7. The molecular formula is C15H19BrN2O4. The molecule has 2 heterocycles. The van der Waals surface area contributed by atoms with Crippen molar-refractivity contribution in [1.82, 2.24) is 10.6 Å². The van der Waals surface area contributed by atoms with E-state index >= 15 is 0 Å². The second kappa shape index (κ2) is 7.30. The minimum absolute atomic E-state index is 0.00834. The van der Waals surface area contributed by atoms with Crippen LogP contribution in [-0.2, 0) is 16.1 Å². The van der Waals surface area contributed by atoms with Crippen molar-refractivity contribution in [3.63, 3.8) is 0 Å². The summed E-state index contributed by atoms with van der Waals surface area (Å²) in [5, 5.41) is 6.20. The average molecular weight is 371 g/mol. The van der Waals surface area contributed by atoms with Gasteiger partial charge in [-0.15, -0.1) is 0 Å². The van der Waals surface area contributed by atoms with Crippen LogP contribution in [0.25, 0.3) is 0 Å². The molecule has 1 atom stereocenters. The molecule has 22 heavy (non-hydrogen) atoms. The molecule has 1 aromatic carbocycles. The van der Waals surface area contributed by atoms with Crippen LogP contribution in [-0.4, -0.2) is 44.9 Å². The molecule has 1 unspecified atom stereocenters. The third kappa shape index (κ3) is 3.91. The number of benzene rings is 1. The maximum Gasteiger partial charge on any atom is 0.221 e. The predicted molar refractivity (Wildman–Crippen MR) is 84.2 cm³/mol. The second-order valence-corrected chi connectivity index (χ2v) is 6.16. The van der Waals surface area contributed by atoms with E-state index in [1.807, 2.05) is 12.1 Å². The largest absolute Gasteiger partial charge is 0.486 e. The lowest BCUT2D eigenvalue weighted by molar-refractivity contribution is -0.122. The molecule has 120 valence electrons. The van der Waals surface area contributed by atoms with E-state index in [0.29, 0.717) is 45.1 Å². The third-order valence-corrected chi connectivity index (χ3v) is 4.17. The highest BCUT2D eigenvalue weighted by Crippen LogP contribution is 2.38. The molecule has 0 aromatic heterocycles. The molecule has 1 saturated heterocycles. The molecule has 2 N–H and O–H groups in total. The van der Waals surface area contributed by atoms with Crippen LogP contribution >= 0.6 is 15.9 Å². The minimum atomic E-state index is 0.00834. The second-order valence-electron chi connectivity index (χ2n) is 5.31. The highest BCUT2D eigenvalue weighted by atomic mass is 79.9. The van der Waals surface area contributed by atoms with Crippen LogP contribution in [0.2, 0.25) is 0 Å². The van der Waals surface area contributed by atoms with Crippen molar-refractivity contribution in [1.29, 1.82) is 0 Å². The lowest BCUT2D eigenvalue weighted by Gasteiger charge is -2.23. The molecule has 0 saturated carbocycles. The van der Waals surface area contributed by atoms with Crippen molar-refractivity contribution in [2.24, 2.45) is 0 Å². The summed E-state index contributed by atoms with van der Waals surface area (Å²) in [5.41, 5.74) is 0.970. The van der Waals surface area contributed by atoms with Gasteiger partial charge in [-0.2, -0.15) is 0 Å². The lowest BCUT2D eigenvalue weighted by Crippen LogP contribution is -2.44. The van der Waals surface area contributed by atoms with Gasteiger partial charge in [0.15, 0.2) is 11.5 Å². The van der Waals surface area contributed by atoms with Crippen molar-refractivity contribution < 1.29 is 19.0 Å². The fourth-order valence-electron chi connectivity index (χ4n) is 2.51. The fourth-order valence-corrected chi connectivity index (χ4v) is 3.12. The van der Waals surface area contributed by atoms with E-state index in [1.165, 1.54) is 0 Å². The number of hydrogen-bond donors (Lipinski definition) is 2. The Morgan fingerprint density at radius 3 is 3.00 bits per heavy atom. The number of nitrogens with one attached hydrogen (secondary N) is 2. The van der Waals surface area contributed by atoms with Crippen LogP contribution in [0.1, 0.15) is 12.0 Å². The number of fused-ring (bicyclic) bond motifs is 1. The zero-order chi connectivity index (χ0) is 15.4. The zero-order valence-corrected chi connectivity index (χ0v) is 13.8. The zero-order valence-electron chi connectivity index (χ0n) is 12.2. The van der Waals surface area contributed by atoms with Gasteiger partial charge in [-0.05, 0) is 33.6 Å². The van der Waals surface area contributed by atoms with Crippen LogP contribution in [0, 0.1) is 0 Å². The third-order valence-electron chi connectivity index (χ3n) is 3.58. The first-order valence-corrected chi connectivity index (χ1v) is 8.17. The average Bonchev–Trinajstić information content (AvgIpc) is 2.54. The summed E-state index contributed by atoms with van der Waals surface area (Å²) < 4.78 is 17.3. The Morgan fingerprint density at radius 1 is 1.32 bits per heavy atom. The van der Waals surface area contributed by atoms with Crippen molar-refractivity contribution in [2.45, 2.75) is 19.0 Å². The molecule has 0 spiro atoms. The first-order valence-electron chi connectivity index (χ1n) is 7.38. The number of morpholine rings is 1. The first kappa shape index (κ1) is 15.6. The Morgan fingerprint density at radius 2 is 2.18 bits per heavy atom. The summed E-state index contributed by atoms with van der Waals surface area (Å²) in [6.07, 6.45) is 0.422. The fraction of sp³-hybridized carbons (Fsp3) is 0.533. The minimum Gasteiger partial charge on any atom is -0.486 e. The SMILES string of the molecule is O=C(CC1COCCN1)NCc1cc(Br)c2c(c1)OCCO2. The Kier molecular flexibility index (Phi) is 5.17. The van der Waals surface area contributed by atoms with Crippen molar-refractivity contribution in [3.05, 3.63) is 22.2 Å². The number of hydrogen-bond acceptors (Lipinski definition) is 5. The number of halogens is 1. The van der Waals surface area contributed by atoms with Gasteiger partial charge in [-0.1, -0.05) is 0 Å². The molecule has 7 heteroatoms. The molecule has 1 fully saturated rings. The van der Waals surface area contributed by atoms with Gasteiger partial charge >= 0.3 is 0 Å². The van der Waals surface area contributed by atoms with E-state index < -0.39 is 0 Å². The van der Waals surface area contributed by atoms with E-state index in [-0.39, 0.29) is 11.9 Å². The van der Waals surface area contributed by atoms with Crippen LogP contribution in [0.15, 0.2) is 16.6 Å². The van der Waals surface area contributed by atoms with Crippen molar-refractivity contribution >= 4 is 21.8 Å². The summed E-state index contributed by atoms with van der Waals surface area (Å²) in [6, 6.07) is 3.94. The van der Waals surface area contributed by atoms with Crippen molar-refractivity contribution in [2.75, 3.05) is 33.0 Å². The normalized spacial score (nSPS) is 20.5. The van der Waals surface area contributed by atoms with Crippen LogP contribution in [0.4, 0.5) is 0 Å². The smallest absolute Gasteiger partial charge is 0.221 e. The lowest BCUT2D eigenvalue weighted by atomic mass is 10.1. The quantitative estimate of drug-likeness (QED) is 0.833. The molecule has 1 amide bonds. The van der Waals surface area contributed by atoms with E-state index in [1.54, 1.807) is 0 Å². The number of rotatable bonds is 4. The highest BCUT2D eigenvalue weighted by molar-refractivity contribution is 9.10. The van der Waals surface area contributed by atoms with E-state index in [9.17, 15) is 4.79 Å². The van der Waals surface area contributed by atoms with Gasteiger partial charge in [-0.3, -0.25) is 4.79 Å². The topological polar surface area (TPSA) is 68.8 Å². The summed E-state index contributed by atoms with van der Waals surface area (Å²) in [7, 11) is 0. The molecule has 0 radical (unpaired) electrons. The van der Waals surface area contributed by atoms with Gasteiger partial charge in [0.1, 0.15) is 13.2 Å². The number of carbonyl (C=O) groups excluding carboxylic acids is 1. The molecule has 0 bridgehead atoms. The van der Waals surface area contributed by atoms with Crippen molar-refractivity contribution in [3.8, 4) is 11.5 Å². The maximum atomic E-state index is 12.0. The monoisotopic (exact) mass is 370 g/mol. The molecule has 6 nitrogen and oxygen atoms in total. The number of ether oxygens (including phenoxy) is 3. The molecule has 2 aliphatic heterocycles. The standard InChI is InChI=1S/C15H19BrN2O4/c16-12-5-10(6-13-15(12)22-4-3-21-13)8-18-14(19)7-11-9-20-2-1-17-11/h5-6,11,17H,1-4,7-9H2,(H,18,19). The summed E-state index contributed by atoms with van der Waals surface area (Å²) in [4.78, 5) is 12.0. The van der Waals surface area contributed by atoms with Gasteiger partial charge in [0.05, 0.1) is 17.7 Å². The van der Waals surface area contributed by atoms with E-state index in [4.69, 9.17) is 14.2 Å². The van der Waals surface area contributed by atoms with E-state index in [0.717, 1.165) is 22.3 Å². The molecule has 1 aromatic rings. The van der Waals surface area contributed by atoms with Gasteiger partial charge in [0.2, 0.25) is 5.91 Å². The molecule has 0 aliphatic carbocycles. The number of amides is 1. The predicted octanol–water partition coefficient (Wildman–Crippen LogP) is 1.22. The molecule has 3 rings (SSSR count). The van der Waals surface area contributed by atoms with Gasteiger partial charge < -0.3 is 24.8 Å². The summed E-state index contributed by atoms with van der Waals surface area (Å²) >= 11 is 3.48. The Hall–Kier alpha value is -1.31. The van der Waals surface area contributed by atoms with Gasteiger partial charge in [-0.25, -0.2) is 0 Å². The van der Waals surface area contributed by atoms with Crippen LogP contribution < -0.4 is 20.1 Å². The maximum absolute atomic E-state index is 12.0. The Bertz CT molecular complexity index is 547. The number of carbonyl (C=O) groups is 1. The molecular weight excluding hydrogens is 352 g/mol. The summed E-state index contributed by atoms with van der Waals surface area (Å²) in [5.74, 6) is 1.45. The van der Waals surface area contributed by atoms with Gasteiger partial charge in [0.25, 0.3) is 0 Å². The van der Waals surface area contributed by atoms with Crippen LogP contribution in [0.5, 0.6) is 11.5 Å². The van der Waals surface area contributed by atoms with Gasteiger partial charge in [0, 0.05) is 25.6 Å². The Balaban J connectivity index is 1.54. The van der Waals surface area contributed by atoms with Crippen LogP contribution in [0.3, 0.4) is 0 Å². The molecule has 2 aliphatic rings. The van der Waals surface area contributed by atoms with E-state index in [2.05, 4.69) is 26.6 Å².